The van der Waals surface area contributed by atoms with E-state index in [2.05, 4.69) is 15.3 Å². The third-order valence-corrected chi connectivity index (χ3v) is 5.80. The molecule has 0 bridgehead atoms. The van der Waals surface area contributed by atoms with Gasteiger partial charge in [0.15, 0.2) is 0 Å². The van der Waals surface area contributed by atoms with Crippen molar-refractivity contribution in [3.63, 3.8) is 0 Å². The van der Waals surface area contributed by atoms with E-state index in [0.29, 0.717) is 55.5 Å². The van der Waals surface area contributed by atoms with Crippen molar-refractivity contribution in [3.05, 3.63) is 82.6 Å². The van der Waals surface area contributed by atoms with E-state index in [1.807, 2.05) is 11.0 Å². The number of rotatable bonds is 8. The van der Waals surface area contributed by atoms with Crippen LogP contribution >= 0.6 is 0 Å². The zero-order valence-corrected chi connectivity index (χ0v) is 18.8. The molecule has 0 radical (unpaired) electrons. The Morgan fingerprint density at radius 1 is 1.11 bits per heavy atom. The molecule has 0 fully saturated rings. The van der Waals surface area contributed by atoms with Crippen LogP contribution in [-0.4, -0.2) is 40.7 Å². The molecule has 0 unspecified atom stereocenters. The molecule has 0 spiro atoms. The van der Waals surface area contributed by atoms with Gasteiger partial charge in [0.2, 0.25) is 0 Å². The highest BCUT2D eigenvalue weighted by molar-refractivity contribution is 5.98. The Labute approximate surface area is 199 Å². The quantitative estimate of drug-likeness (QED) is 0.363. The number of carbonyl (C=O) groups is 1. The van der Waals surface area contributed by atoms with Gasteiger partial charge in [-0.05, 0) is 60.7 Å². The summed E-state index contributed by atoms with van der Waals surface area (Å²) in [5, 5.41) is 11.8. The third kappa shape index (κ3) is 5.76. The molecule has 1 aliphatic rings. The van der Waals surface area contributed by atoms with Crippen molar-refractivity contribution in [2.24, 2.45) is 0 Å². The molecule has 3 aromatic rings. The number of amides is 1. The Kier molecular flexibility index (Phi) is 7.30. The average Bonchev–Trinajstić information content (AvgIpc) is 3.25. The number of halogens is 4. The number of hydrogen-bond donors (Lipinski definition) is 2. The maximum atomic E-state index is 13.8. The number of unbranched alkanes of at least 4 members (excludes halogenated alkanes) is 1. The smallest absolute Gasteiger partial charge is 0.396 e. The summed E-state index contributed by atoms with van der Waals surface area (Å²) >= 11 is 0. The van der Waals surface area contributed by atoms with E-state index in [-0.39, 0.29) is 24.5 Å². The van der Waals surface area contributed by atoms with E-state index < -0.39 is 17.6 Å². The molecule has 0 saturated carbocycles. The van der Waals surface area contributed by atoms with Crippen molar-refractivity contribution in [2.75, 3.05) is 24.6 Å². The molecular formula is C25H24F4N4O2. The van der Waals surface area contributed by atoms with Crippen LogP contribution in [-0.2, 0) is 19.0 Å². The van der Waals surface area contributed by atoms with Gasteiger partial charge in [-0.15, -0.1) is 0 Å². The Morgan fingerprint density at radius 3 is 2.71 bits per heavy atom. The Bertz CT molecular complexity index is 1220. The standard InChI is InChI=1S/C25H24F4N4O2/c26-18-11-16(10-17(13-18)25(27,28)29)12-19-14-23(32-15-31-19)33-8-6-20-21(4-3-5-22(20)33)24(35)30-7-1-2-9-34/h3-5,10-11,13-15,34H,1-2,6-9,12H2,(H,30,35). The number of aliphatic hydroxyl groups is 1. The van der Waals surface area contributed by atoms with Crippen molar-refractivity contribution < 1.29 is 27.5 Å². The number of aromatic nitrogens is 2. The minimum absolute atomic E-state index is 0.00728. The van der Waals surface area contributed by atoms with Gasteiger partial charge in [0, 0.05) is 43.4 Å². The van der Waals surface area contributed by atoms with Crippen molar-refractivity contribution in [1.29, 1.82) is 0 Å². The minimum atomic E-state index is -4.64. The highest BCUT2D eigenvalue weighted by atomic mass is 19.4. The van der Waals surface area contributed by atoms with E-state index in [1.54, 1.807) is 18.2 Å². The van der Waals surface area contributed by atoms with Gasteiger partial charge in [-0.25, -0.2) is 14.4 Å². The lowest BCUT2D eigenvalue weighted by Gasteiger charge is -2.19. The summed E-state index contributed by atoms with van der Waals surface area (Å²) in [5.74, 6) is -0.599. The van der Waals surface area contributed by atoms with Crippen molar-refractivity contribution >= 4 is 17.4 Å². The van der Waals surface area contributed by atoms with Crippen molar-refractivity contribution in [3.8, 4) is 0 Å². The van der Waals surface area contributed by atoms with Crippen LogP contribution in [0.25, 0.3) is 0 Å². The van der Waals surface area contributed by atoms with Gasteiger partial charge in [0.25, 0.3) is 5.91 Å². The Morgan fingerprint density at radius 2 is 1.94 bits per heavy atom. The number of aliphatic hydroxyl groups excluding tert-OH is 1. The SMILES string of the molecule is O=C(NCCCCO)c1cccc2c1CCN2c1cc(Cc2cc(F)cc(C(F)(F)F)c2)ncn1. The maximum Gasteiger partial charge on any atom is 0.416 e. The van der Waals surface area contributed by atoms with Crippen LogP contribution in [0.1, 0.15) is 45.6 Å². The van der Waals surface area contributed by atoms with Crippen LogP contribution in [0.4, 0.5) is 29.1 Å². The summed E-state index contributed by atoms with van der Waals surface area (Å²) in [6.07, 6.45) is -1.39. The van der Waals surface area contributed by atoms with Crippen LogP contribution < -0.4 is 10.2 Å². The van der Waals surface area contributed by atoms with Crippen molar-refractivity contribution in [1.82, 2.24) is 15.3 Å². The molecule has 1 aromatic heterocycles. The first-order chi connectivity index (χ1) is 16.8. The Balaban J connectivity index is 1.54. The van der Waals surface area contributed by atoms with E-state index in [0.717, 1.165) is 23.4 Å². The number of anilines is 2. The second kappa shape index (κ2) is 10.4. The molecular weight excluding hydrogens is 464 g/mol. The van der Waals surface area contributed by atoms with Crippen LogP contribution in [0, 0.1) is 5.82 Å². The summed E-state index contributed by atoms with van der Waals surface area (Å²) in [6, 6.07) is 9.54. The number of nitrogens with zero attached hydrogens (tertiary/aromatic N) is 3. The fraction of sp³-hybridized carbons (Fsp3) is 0.320. The second-order valence-corrected chi connectivity index (χ2v) is 8.28. The molecule has 2 N–H and O–H groups in total. The van der Waals surface area contributed by atoms with Gasteiger partial charge in [0.1, 0.15) is 18.0 Å². The molecule has 2 heterocycles. The lowest BCUT2D eigenvalue weighted by Crippen LogP contribution is -2.25. The second-order valence-electron chi connectivity index (χ2n) is 8.28. The van der Waals surface area contributed by atoms with Crippen LogP contribution in [0.3, 0.4) is 0 Å². The molecule has 1 aliphatic heterocycles. The molecule has 2 aromatic carbocycles. The summed E-state index contributed by atoms with van der Waals surface area (Å²) in [7, 11) is 0. The fourth-order valence-corrected chi connectivity index (χ4v) is 4.17. The van der Waals surface area contributed by atoms with Crippen LogP contribution in [0.15, 0.2) is 48.8 Å². The highest BCUT2D eigenvalue weighted by Gasteiger charge is 2.31. The van der Waals surface area contributed by atoms with E-state index in [1.165, 1.54) is 6.33 Å². The third-order valence-electron chi connectivity index (χ3n) is 5.80. The zero-order valence-electron chi connectivity index (χ0n) is 18.8. The van der Waals surface area contributed by atoms with Gasteiger partial charge in [-0.2, -0.15) is 13.2 Å². The first-order valence-corrected chi connectivity index (χ1v) is 11.2. The predicted molar refractivity (Wildman–Crippen MR) is 122 cm³/mol. The number of alkyl halides is 3. The van der Waals surface area contributed by atoms with E-state index >= 15 is 0 Å². The van der Waals surface area contributed by atoms with Gasteiger partial charge in [0.05, 0.1) is 11.3 Å². The van der Waals surface area contributed by atoms with E-state index in [9.17, 15) is 22.4 Å². The van der Waals surface area contributed by atoms with Gasteiger partial charge >= 0.3 is 6.18 Å². The van der Waals surface area contributed by atoms with Gasteiger partial charge < -0.3 is 15.3 Å². The molecule has 0 aliphatic carbocycles. The molecule has 184 valence electrons. The maximum absolute atomic E-state index is 13.8. The number of hydrogen-bond acceptors (Lipinski definition) is 5. The van der Waals surface area contributed by atoms with Crippen molar-refractivity contribution in [2.45, 2.75) is 31.9 Å². The molecule has 6 nitrogen and oxygen atoms in total. The monoisotopic (exact) mass is 488 g/mol. The van der Waals surface area contributed by atoms with E-state index in [4.69, 9.17) is 5.11 Å². The normalized spacial score (nSPS) is 13.1. The predicted octanol–water partition coefficient (Wildman–Crippen LogP) is 4.42. The largest absolute Gasteiger partial charge is 0.416 e. The number of nitrogens with one attached hydrogen (secondary N) is 1. The number of carbonyl (C=O) groups excluding carboxylic acids is 1. The lowest BCUT2D eigenvalue weighted by molar-refractivity contribution is -0.137. The molecule has 0 saturated heterocycles. The van der Waals surface area contributed by atoms with Gasteiger partial charge in [-0.3, -0.25) is 4.79 Å². The first kappa shape index (κ1) is 24.6. The lowest BCUT2D eigenvalue weighted by atomic mass is 10.0. The summed E-state index contributed by atoms with van der Waals surface area (Å²) in [6.45, 7) is 1.12. The topological polar surface area (TPSA) is 78.4 Å². The minimum Gasteiger partial charge on any atom is -0.396 e. The molecule has 10 heteroatoms. The van der Waals surface area contributed by atoms with Gasteiger partial charge in [-0.1, -0.05) is 6.07 Å². The zero-order chi connectivity index (χ0) is 25.0. The Hall–Kier alpha value is -3.53. The fourth-order valence-electron chi connectivity index (χ4n) is 4.17. The average molecular weight is 488 g/mol. The molecule has 35 heavy (non-hydrogen) atoms. The summed E-state index contributed by atoms with van der Waals surface area (Å²) < 4.78 is 52.9. The molecule has 0 atom stereocenters. The first-order valence-electron chi connectivity index (χ1n) is 11.2. The molecule has 4 rings (SSSR count). The number of fused-ring (bicyclic) bond motifs is 1. The van der Waals surface area contributed by atoms with Crippen LogP contribution in [0.5, 0.6) is 0 Å². The highest BCUT2D eigenvalue weighted by Crippen LogP contribution is 2.36. The van der Waals surface area contributed by atoms with Crippen LogP contribution in [0.2, 0.25) is 0 Å². The number of benzene rings is 2. The molecule has 1 amide bonds. The summed E-state index contributed by atoms with van der Waals surface area (Å²) in [4.78, 5) is 23.1. The summed E-state index contributed by atoms with van der Waals surface area (Å²) in [5.41, 5.74) is 1.83.